The number of carboxylic acid groups (broad SMARTS) is 1. The number of ether oxygens (including phenoxy) is 1. The van der Waals surface area contributed by atoms with E-state index in [0.717, 1.165) is 10.6 Å². The van der Waals surface area contributed by atoms with Gasteiger partial charge < -0.3 is 25.0 Å². The molecule has 1 amide bonds. The van der Waals surface area contributed by atoms with Crippen molar-refractivity contribution in [1.82, 2.24) is 15.3 Å². The van der Waals surface area contributed by atoms with Crippen molar-refractivity contribution < 1.29 is 24.2 Å². The summed E-state index contributed by atoms with van der Waals surface area (Å²) in [5.41, 5.74) is 0.559. The largest absolute Gasteiger partial charge is 0.481 e. The van der Waals surface area contributed by atoms with Gasteiger partial charge in [-0.3, -0.25) is 14.4 Å². The van der Waals surface area contributed by atoms with E-state index >= 15 is 0 Å². The molecule has 0 aliphatic rings. The molecule has 2 aromatic heterocycles. The van der Waals surface area contributed by atoms with Crippen molar-refractivity contribution in [2.75, 3.05) is 11.9 Å². The Morgan fingerprint density at radius 2 is 1.94 bits per heavy atom. The third-order valence-corrected chi connectivity index (χ3v) is 6.34. The third kappa shape index (κ3) is 7.14. The summed E-state index contributed by atoms with van der Waals surface area (Å²) in [5, 5.41) is 12.9. The first-order chi connectivity index (χ1) is 16.8. The second kappa shape index (κ2) is 10.9. The minimum atomic E-state index is -1.08. The smallest absolute Gasteiger partial charge is 0.329 e. The number of aromatic amines is 1. The van der Waals surface area contributed by atoms with Crippen LogP contribution in [0, 0.1) is 6.92 Å². The number of esters is 1. The molecule has 3 rings (SSSR count). The highest BCUT2D eigenvalue weighted by Gasteiger charge is 2.28. The van der Waals surface area contributed by atoms with Crippen LogP contribution < -0.4 is 15.8 Å². The number of fused-ring (bicyclic) bond motifs is 1. The van der Waals surface area contributed by atoms with Crippen LogP contribution in [-0.4, -0.2) is 51.6 Å². The van der Waals surface area contributed by atoms with Gasteiger partial charge in [-0.2, -0.15) is 0 Å². The molecule has 0 radical (unpaired) electrons. The monoisotopic (exact) mass is 514 g/mol. The first-order valence-corrected chi connectivity index (χ1v) is 12.2. The van der Waals surface area contributed by atoms with Gasteiger partial charge in [0.25, 0.3) is 11.5 Å². The second-order valence-electron chi connectivity index (χ2n) is 9.49. The lowest BCUT2D eigenvalue weighted by Crippen LogP contribution is -2.44. The molecule has 0 saturated heterocycles. The molecular formula is C25H30N4O6S. The molecule has 192 valence electrons. The fourth-order valence-electron chi connectivity index (χ4n) is 3.53. The number of amides is 1. The molecule has 36 heavy (non-hydrogen) atoms. The summed E-state index contributed by atoms with van der Waals surface area (Å²) in [5.74, 6) is -1.68. The van der Waals surface area contributed by atoms with Gasteiger partial charge in [0.2, 0.25) is 0 Å². The zero-order valence-electron chi connectivity index (χ0n) is 20.9. The average Bonchev–Trinajstić information content (AvgIpc) is 3.26. The summed E-state index contributed by atoms with van der Waals surface area (Å²) < 4.78 is 5.34. The van der Waals surface area contributed by atoms with Gasteiger partial charge in [-0.05, 0) is 63.9 Å². The highest BCUT2D eigenvalue weighted by atomic mass is 32.1. The predicted octanol–water partition coefficient (Wildman–Crippen LogP) is 3.23. The number of nitrogens with one attached hydrogen (secondary N) is 2. The van der Waals surface area contributed by atoms with Gasteiger partial charge in [0.1, 0.15) is 17.5 Å². The fraction of sp³-hybridized carbons (Fsp3) is 0.400. The van der Waals surface area contributed by atoms with Gasteiger partial charge in [-0.1, -0.05) is 6.07 Å². The number of benzene rings is 1. The highest BCUT2D eigenvalue weighted by molar-refractivity contribution is 7.18. The number of carboxylic acids is 1. The molecule has 0 bridgehead atoms. The zero-order valence-corrected chi connectivity index (χ0v) is 21.7. The van der Waals surface area contributed by atoms with Gasteiger partial charge >= 0.3 is 11.9 Å². The topological polar surface area (TPSA) is 142 Å². The number of aryl methyl sites for hydroxylation is 1. The quantitative estimate of drug-likeness (QED) is 0.370. The number of nitrogens with zero attached hydrogens (tertiary/aromatic N) is 2. The van der Waals surface area contributed by atoms with E-state index in [-0.39, 0.29) is 18.4 Å². The number of hydrogen-bond acceptors (Lipinski definition) is 8. The molecule has 0 spiro atoms. The van der Waals surface area contributed by atoms with E-state index in [4.69, 9.17) is 9.84 Å². The molecule has 3 aromatic rings. The van der Waals surface area contributed by atoms with Crippen molar-refractivity contribution in [2.24, 2.45) is 0 Å². The Kier molecular flexibility index (Phi) is 8.13. The molecule has 2 heterocycles. The number of hydrogen-bond donors (Lipinski definition) is 3. The Morgan fingerprint density at radius 3 is 2.61 bits per heavy atom. The van der Waals surface area contributed by atoms with Crippen molar-refractivity contribution in [2.45, 2.75) is 58.7 Å². The first kappa shape index (κ1) is 26.9. The van der Waals surface area contributed by atoms with Crippen LogP contribution in [0.4, 0.5) is 5.00 Å². The van der Waals surface area contributed by atoms with Gasteiger partial charge in [0.15, 0.2) is 0 Å². The Bertz CT molecular complexity index is 1340. The van der Waals surface area contributed by atoms with Gasteiger partial charge in [-0.15, -0.1) is 11.3 Å². The summed E-state index contributed by atoms with van der Waals surface area (Å²) in [6.45, 7) is 7.32. The number of anilines is 1. The molecule has 11 heteroatoms. The first-order valence-electron chi connectivity index (χ1n) is 11.4. The average molecular weight is 515 g/mol. The normalized spacial score (nSPS) is 12.2. The van der Waals surface area contributed by atoms with Crippen LogP contribution in [0.25, 0.3) is 10.9 Å². The molecule has 1 atom stereocenters. The Morgan fingerprint density at radius 1 is 1.22 bits per heavy atom. The summed E-state index contributed by atoms with van der Waals surface area (Å²) in [4.78, 5) is 58.0. The number of rotatable bonds is 9. The highest BCUT2D eigenvalue weighted by Crippen LogP contribution is 2.27. The van der Waals surface area contributed by atoms with E-state index in [1.54, 1.807) is 45.9 Å². The summed E-state index contributed by atoms with van der Waals surface area (Å²) in [7, 11) is 1.87. The second-order valence-corrected chi connectivity index (χ2v) is 10.6. The number of aliphatic carboxylic acids is 1. The Balaban J connectivity index is 1.71. The molecular weight excluding hydrogens is 484 g/mol. The van der Waals surface area contributed by atoms with Crippen molar-refractivity contribution in [3.05, 3.63) is 57.0 Å². The minimum absolute atomic E-state index is 0.0798. The maximum Gasteiger partial charge on any atom is 0.329 e. The molecule has 3 N–H and O–H groups in total. The molecule has 0 unspecified atom stereocenters. The maximum atomic E-state index is 12.9. The third-order valence-electron chi connectivity index (χ3n) is 5.14. The summed E-state index contributed by atoms with van der Waals surface area (Å²) in [6, 6.07) is 7.86. The number of carbonyl (C=O) groups is 3. The molecule has 10 nitrogen and oxygen atoms in total. The Hall–Kier alpha value is -3.73. The maximum absolute atomic E-state index is 12.9. The number of aromatic nitrogens is 2. The van der Waals surface area contributed by atoms with Crippen molar-refractivity contribution in [1.29, 1.82) is 0 Å². The predicted molar refractivity (Wildman–Crippen MR) is 137 cm³/mol. The Labute approximate surface area is 212 Å². The van der Waals surface area contributed by atoms with Crippen LogP contribution in [0.15, 0.2) is 35.1 Å². The SMILES string of the molecule is Cc1nc2ccc(CN(C)c3ccc(C(=O)N[C@@H](CCC(=O)O)C(=O)OC(C)(C)C)s3)cc2c(=O)[nH]1. The molecule has 1 aromatic carbocycles. The molecule has 0 aliphatic heterocycles. The standard InChI is InChI=1S/C25H30N4O6S/c1-14-26-17-7-6-15(12-16(17)22(32)27-14)13-29(5)20-10-9-19(36-20)23(33)28-18(8-11-21(30)31)24(34)35-25(2,3)4/h6-7,9-10,12,18H,8,11,13H2,1-5H3,(H,28,33)(H,30,31)(H,26,27,32)/t18-/m0/s1. The lowest BCUT2D eigenvalue weighted by Gasteiger charge is -2.24. The fourth-order valence-corrected chi connectivity index (χ4v) is 4.40. The van der Waals surface area contributed by atoms with Crippen molar-refractivity contribution in [3.8, 4) is 0 Å². The molecule has 0 saturated carbocycles. The van der Waals surface area contributed by atoms with E-state index in [2.05, 4.69) is 15.3 Å². The van der Waals surface area contributed by atoms with Gasteiger partial charge in [0, 0.05) is 20.0 Å². The molecule has 0 fully saturated rings. The van der Waals surface area contributed by atoms with Crippen molar-refractivity contribution in [3.63, 3.8) is 0 Å². The van der Waals surface area contributed by atoms with Crippen LogP contribution >= 0.6 is 11.3 Å². The number of carbonyl (C=O) groups excluding carboxylic acids is 2. The summed E-state index contributed by atoms with van der Waals surface area (Å²) in [6.07, 6.45) is -0.365. The van der Waals surface area contributed by atoms with Gasteiger partial charge in [-0.25, -0.2) is 9.78 Å². The zero-order chi connectivity index (χ0) is 26.6. The lowest BCUT2D eigenvalue weighted by molar-refractivity contribution is -0.157. The van der Waals surface area contributed by atoms with Crippen LogP contribution in [0.5, 0.6) is 0 Å². The van der Waals surface area contributed by atoms with E-state index in [1.807, 2.05) is 24.1 Å². The lowest BCUT2D eigenvalue weighted by atomic mass is 10.1. The van der Waals surface area contributed by atoms with Crippen LogP contribution in [0.2, 0.25) is 0 Å². The van der Waals surface area contributed by atoms with E-state index < -0.39 is 29.5 Å². The van der Waals surface area contributed by atoms with E-state index in [9.17, 15) is 19.2 Å². The minimum Gasteiger partial charge on any atom is -0.481 e. The van der Waals surface area contributed by atoms with Crippen molar-refractivity contribution >= 4 is 45.1 Å². The number of H-pyrrole nitrogens is 1. The van der Waals surface area contributed by atoms with E-state index in [1.165, 1.54) is 11.3 Å². The molecule has 0 aliphatic carbocycles. The van der Waals surface area contributed by atoms with E-state index in [0.29, 0.717) is 28.1 Å². The van der Waals surface area contributed by atoms with Crippen LogP contribution in [0.3, 0.4) is 0 Å². The number of thiophene rings is 1. The van der Waals surface area contributed by atoms with Crippen LogP contribution in [-0.2, 0) is 20.9 Å². The summed E-state index contributed by atoms with van der Waals surface area (Å²) >= 11 is 1.23. The van der Waals surface area contributed by atoms with Crippen LogP contribution in [0.1, 0.15) is 54.7 Å². The van der Waals surface area contributed by atoms with Gasteiger partial charge in [0.05, 0.1) is 20.8 Å².